The first-order valence-corrected chi connectivity index (χ1v) is 16.3. The Bertz CT molecular complexity index is 1180. The summed E-state index contributed by atoms with van der Waals surface area (Å²) in [6, 6.07) is 0. The van der Waals surface area contributed by atoms with Crippen molar-refractivity contribution in [3.63, 3.8) is 0 Å². The number of hydrogen-bond donors (Lipinski definition) is 3. The fourth-order valence-corrected chi connectivity index (χ4v) is 8.54. The Morgan fingerprint density at radius 3 is 2.68 bits per heavy atom. The van der Waals surface area contributed by atoms with E-state index < -0.39 is 18.3 Å². The van der Waals surface area contributed by atoms with E-state index in [2.05, 4.69) is 52.5 Å². The number of aliphatic hydroxyl groups is 3. The molecule has 0 aromatic carbocycles. The number of nitrogens with zero attached hydrogens (tertiary/aromatic N) is 1. The van der Waals surface area contributed by atoms with Crippen LogP contribution in [0, 0.1) is 22.7 Å². The van der Waals surface area contributed by atoms with Gasteiger partial charge in [0.05, 0.1) is 29.4 Å². The van der Waals surface area contributed by atoms with Gasteiger partial charge >= 0.3 is 0 Å². The lowest BCUT2D eigenvalue weighted by Gasteiger charge is -2.47. The van der Waals surface area contributed by atoms with Crippen LogP contribution in [-0.4, -0.2) is 38.6 Å². The number of oxazole rings is 1. The maximum atomic E-state index is 11.4. The summed E-state index contributed by atoms with van der Waals surface area (Å²) in [5.74, 6) is 1.77. The van der Waals surface area contributed by atoms with E-state index in [0.29, 0.717) is 30.6 Å². The fourth-order valence-electron chi connectivity index (χ4n) is 8.54. The van der Waals surface area contributed by atoms with Crippen molar-refractivity contribution < 1.29 is 19.7 Å². The van der Waals surface area contributed by atoms with Gasteiger partial charge in [-0.1, -0.05) is 77.0 Å². The maximum absolute atomic E-state index is 11.4. The topological polar surface area (TPSA) is 86.7 Å². The van der Waals surface area contributed by atoms with Crippen LogP contribution >= 0.6 is 0 Å². The molecule has 0 radical (unpaired) electrons. The van der Waals surface area contributed by atoms with E-state index in [1.54, 1.807) is 6.26 Å². The average molecular weight is 564 g/mol. The highest BCUT2D eigenvalue weighted by Gasteiger charge is 2.55. The summed E-state index contributed by atoms with van der Waals surface area (Å²) >= 11 is 0. The van der Waals surface area contributed by atoms with E-state index in [9.17, 15) is 15.3 Å². The second-order valence-corrected chi connectivity index (χ2v) is 14.5. The van der Waals surface area contributed by atoms with Crippen LogP contribution in [0.2, 0.25) is 0 Å². The van der Waals surface area contributed by atoms with Crippen LogP contribution in [-0.2, 0) is 11.8 Å². The Morgan fingerprint density at radius 2 is 1.95 bits per heavy atom. The van der Waals surface area contributed by atoms with Crippen molar-refractivity contribution in [2.75, 3.05) is 0 Å². The zero-order chi connectivity index (χ0) is 29.4. The van der Waals surface area contributed by atoms with Gasteiger partial charge < -0.3 is 19.7 Å². The molecule has 0 amide bonds. The molecule has 6 atom stereocenters. The smallest absolute Gasteiger partial charge is 0.203 e. The van der Waals surface area contributed by atoms with Crippen LogP contribution in [0.4, 0.5) is 0 Å². The summed E-state index contributed by atoms with van der Waals surface area (Å²) in [4.78, 5) is 4.79. The molecule has 0 bridgehead atoms. The largest absolute Gasteiger partial charge is 0.448 e. The normalized spacial score (nSPS) is 34.5. The molecule has 4 aliphatic rings. The first-order valence-electron chi connectivity index (χ1n) is 16.3. The number of rotatable bonds is 10. The highest BCUT2D eigenvalue weighted by molar-refractivity contribution is 5.39. The van der Waals surface area contributed by atoms with Crippen molar-refractivity contribution in [1.29, 1.82) is 0 Å². The summed E-state index contributed by atoms with van der Waals surface area (Å²) < 4.78 is 5.91. The van der Waals surface area contributed by atoms with E-state index in [1.807, 2.05) is 6.08 Å². The third-order valence-corrected chi connectivity index (χ3v) is 11.2. The van der Waals surface area contributed by atoms with Gasteiger partial charge in [0.25, 0.3) is 0 Å². The van der Waals surface area contributed by atoms with E-state index in [-0.39, 0.29) is 16.2 Å². The summed E-state index contributed by atoms with van der Waals surface area (Å²) in [7, 11) is 0. The SMILES string of the molecule is C=C1C(=CC=C2CCC[C@]3(C)[C@@H](C(C)(C)C=C[C@@H](O)C4(c5nc(CCCCC)co5)CC4)CC[C@@H]23)C[C@@H](O)C[C@@H]1O. The lowest BCUT2D eigenvalue weighted by atomic mass is 9.57. The molecule has 41 heavy (non-hydrogen) atoms. The van der Waals surface area contributed by atoms with Gasteiger partial charge in [0.1, 0.15) is 6.26 Å². The molecule has 0 saturated heterocycles. The van der Waals surface area contributed by atoms with Gasteiger partial charge in [0.2, 0.25) is 5.89 Å². The maximum Gasteiger partial charge on any atom is 0.203 e. The Morgan fingerprint density at radius 1 is 1.17 bits per heavy atom. The molecule has 5 heteroatoms. The quantitative estimate of drug-likeness (QED) is 0.202. The fraction of sp³-hybridized carbons (Fsp3) is 0.694. The molecule has 4 fully saturated rings. The highest BCUT2D eigenvalue weighted by Crippen LogP contribution is 2.62. The van der Waals surface area contributed by atoms with Gasteiger partial charge in [-0.25, -0.2) is 4.98 Å². The molecule has 5 nitrogen and oxygen atoms in total. The van der Waals surface area contributed by atoms with Crippen molar-refractivity contribution >= 4 is 0 Å². The lowest BCUT2D eigenvalue weighted by molar-refractivity contribution is 0.0705. The molecule has 3 N–H and O–H groups in total. The Balaban J connectivity index is 1.28. The van der Waals surface area contributed by atoms with Gasteiger partial charge in [-0.05, 0) is 98.0 Å². The third kappa shape index (κ3) is 6.10. The lowest BCUT2D eigenvalue weighted by Crippen LogP contribution is -2.39. The molecule has 0 unspecified atom stereocenters. The Kier molecular flexibility index (Phi) is 8.91. The molecule has 4 aliphatic carbocycles. The molecule has 1 heterocycles. The van der Waals surface area contributed by atoms with Crippen LogP contribution in [0.15, 0.2) is 58.3 Å². The third-order valence-electron chi connectivity index (χ3n) is 11.2. The van der Waals surface area contributed by atoms with Crippen molar-refractivity contribution in [3.05, 3.63) is 65.5 Å². The van der Waals surface area contributed by atoms with Crippen LogP contribution in [0.5, 0.6) is 0 Å². The predicted molar refractivity (Wildman–Crippen MR) is 164 cm³/mol. The van der Waals surface area contributed by atoms with E-state index in [4.69, 9.17) is 9.40 Å². The van der Waals surface area contributed by atoms with Gasteiger partial charge in [0.15, 0.2) is 0 Å². The molecule has 0 spiro atoms. The number of fused-ring (bicyclic) bond motifs is 1. The number of unbranched alkanes of at least 4 members (excludes halogenated alkanes) is 2. The summed E-state index contributed by atoms with van der Waals surface area (Å²) in [6.07, 6.45) is 21.9. The molecule has 226 valence electrons. The number of allylic oxidation sites excluding steroid dienone is 4. The predicted octanol–water partition coefficient (Wildman–Crippen LogP) is 7.52. The minimum Gasteiger partial charge on any atom is -0.448 e. The first-order chi connectivity index (χ1) is 19.5. The van der Waals surface area contributed by atoms with Gasteiger partial charge in [-0.2, -0.15) is 0 Å². The van der Waals surface area contributed by atoms with Gasteiger partial charge in [-0.3, -0.25) is 0 Å². The van der Waals surface area contributed by atoms with Crippen LogP contribution < -0.4 is 0 Å². The van der Waals surface area contributed by atoms with Crippen LogP contribution in [0.25, 0.3) is 0 Å². The number of aryl methyl sites for hydroxylation is 1. The van der Waals surface area contributed by atoms with Gasteiger partial charge in [0, 0.05) is 6.42 Å². The standard InChI is InChI=1S/C36H53NO4/c1-6-7-8-11-27-23-41-33(37-27)36(19-20-36)32(40)16-18-34(3,4)31-15-14-29-25(10-9-17-35(29,31)5)12-13-26-21-28(38)22-30(39)24(26)2/h12-13,16,18,23,28-32,38-40H,2,6-11,14-15,17,19-22H2,1,3-5H3/t28-,29+,30+,31-,32-,35+/m1/s1. The molecule has 0 aliphatic heterocycles. The summed E-state index contributed by atoms with van der Waals surface area (Å²) in [5.41, 5.74) is 4.05. The second-order valence-electron chi connectivity index (χ2n) is 14.5. The highest BCUT2D eigenvalue weighted by atomic mass is 16.3. The number of aromatic nitrogens is 1. The molecule has 1 aromatic heterocycles. The molecule has 4 saturated carbocycles. The van der Waals surface area contributed by atoms with Crippen molar-refractivity contribution in [2.45, 2.75) is 135 Å². The average Bonchev–Trinajstić information content (AvgIpc) is 3.45. The van der Waals surface area contributed by atoms with E-state index in [1.165, 1.54) is 44.1 Å². The van der Waals surface area contributed by atoms with Crippen molar-refractivity contribution in [1.82, 2.24) is 4.98 Å². The minimum absolute atomic E-state index is 0.0464. The molecule has 1 aromatic rings. The number of hydrogen-bond acceptors (Lipinski definition) is 5. The Hall–Kier alpha value is -1.95. The first kappa shape index (κ1) is 30.5. The van der Waals surface area contributed by atoms with Crippen molar-refractivity contribution in [2.24, 2.45) is 22.7 Å². The molecular weight excluding hydrogens is 510 g/mol. The van der Waals surface area contributed by atoms with Crippen molar-refractivity contribution in [3.8, 4) is 0 Å². The second kappa shape index (κ2) is 12.0. The zero-order valence-corrected chi connectivity index (χ0v) is 25.9. The molecule has 5 rings (SSSR count). The Labute approximate surface area is 247 Å². The van der Waals surface area contributed by atoms with Crippen LogP contribution in [0.1, 0.15) is 116 Å². The minimum atomic E-state index is -0.648. The summed E-state index contributed by atoms with van der Waals surface area (Å²) in [6.45, 7) is 13.5. The summed E-state index contributed by atoms with van der Waals surface area (Å²) in [5, 5.41) is 31.8. The molecular formula is C36H53NO4. The monoisotopic (exact) mass is 563 g/mol. The number of aliphatic hydroxyl groups excluding tert-OH is 3. The van der Waals surface area contributed by atoms with E-state index in [0.717, 1.165) is 48.9 Å². The zero-order valence-electron chi connectivity index (χ0n) is 25.9. The van der Waals surface area contributed by atoms with Gasteiger partial charge in [-0.15, -0.1) is 0 Å². The van der Waals surface area contributed by atoms with E-state index >= 15 is 0 Å². The van der Waals surface area contributed by atoms with Crippen LogP contribution in [0.3, 0.4) is 0 Å².